The lowest BCUT2D eigenvalue weighted by Gasteiger charge is -2.33. The Morgan fingerprint density at radius 2 is 2.10 bits per heavy atom. The number of ether oxygens (including phenoxy) is 1. The lowest BCUT2D eigenvalue weighted by atomic mass is 10.1. The summed E-state index contributed by atoms with van der Waals surface area (Å²) in [5.41, 5.74) is 6.69. The first-order valence-corrected chi connectivity index (χ1v) is 7.29. The van der Waals surface area contributed by atoms with Crippen LogP contribution in [-0.2, 0) is 4.74 Å². The van der Waals surface area contributed by atoms with Crippen LogP contribution in [0.25, 0.3) is 0 Å². The summed E-state index contributed by atoms with van der Waals surface area (Å²) >= 11 is 12.0. The Hall–Kier alpha value is -1.56. The zero-order chi connectivity index (χ0) is 14.8. The molecule has 0 saturated carbocycles. The van der Waals surface area contributed by atoms with Gasteiger partial charge in [0.05, 0.1) is 23.2 Å². The highest BCUT2D eigenvalue weighted by Gasteiger charge is 2.24. The van der Waals surface area contributed by atoms with Crippen LogP contribution in [0.5, 0.6) is 0 Å². The van der Waals surface area contributed by atoms with E-state index < -0.39 is 0 Å². The zero-order valence-electron chi connectivity index (χ0n) is 11.2. The molecule has 2 N–H and O–H groups in total. The first-order valence-electron chi connectivity index (χ1n) is 6.53. The van der Waals surface area contributed by atoms with E-state index in [0.29, 0.717) is 35.0 Å². The highest BCUT2D eigenvalue weighted by Crippen LogP contribution is 2.29. The summed E-state index contributed by atoms with van der Waals surface area (Å²) in [5, 5.41) is 1.06. The van der Waals surface area contributed by atoms with E-state index in [4.69, 9.17) is 33.7 Å². The third-order valence-electron chi connectivity index (χ3n) is 3.33. The molecular formula is C14H14Cl2N4O. The van der Waals surface area contributed by atoms with Gasteiger partial charge in [-0.05, 0) is 23.8 Å². The molecule has 7 heteroatoms. The third-order valence-corrected chi connectivity index (χ3v) is 4.07. The second-order valence-corrected chi connectivity index (χ2v) is 5.57. The molecule has 0 radical (unpaired) electrons. The molecule has 0 amide bonds. The molecule has 2 heterocycles. The Labute approximate surface area is 132 Å². The molecule has 2 aromatic rings. The van der Waals surface area contributed by atoms with Gasteiger partial charge in [-0.25, -0.2) is 4.98 Å². The maximum absolute atomic E-state index is 6.06. The fourth-order valence-electron chi connectivity index (χ4n) is 2.26. The van der Waals surface area contributed by atoms with E-state index in [-0.39, 0.29) is 6.10 Å². The molecule has 1 saturated heterocycles. The summed E-state index contributed by atoms with van der Waals surface area (Å²) in [6, 6.07) is 7.19. The number of morpholine rings is 1. The molecule has 1 aliphatic rings. The average Bonchev–Trinajstić information content (AvgIpc) is 2.50. The summed E-state index contributed by atoms with van der Waals surface area (Å²) in [6.45, 7) is 1.95. The standard InChI is InChI=1S/C14H14Cl2N4O/c15-10-2-1-9(7-11(10)16)12-8-20(5-6-21-12)14-18-4-3-13(17)19-14/h1-4,7,12H,5-6,8H2,(H2,17,18,19)/t12-/m0/s1. The molecule has 21 heavy (non-hydrogen) atoms. The number of aromatic nitrogens is 2. The van der Waals surface area contributed by atoms with Crippen molar-refractivity contribution in [3.63, 3.8) is 0 Å². The molecule has 0 bridgehead atoms. The normalized spacial score (nSPS) is 18.8. The van der Waals surface area contributed by atoms with E-state index >= 15 is 0 Å². The van der Waals surface area contributed by atoms with Crippen LogP contribution in [0.4, 0.5) is 11.8 Å². The molecule has 0 aliphatic carbocycles. The van der Waals surface area contributed by atoms with E-state index in [1.165, 1.54) is 0 Å². The second-order valence-electron chi connectivity index (χ2n) is 4.76. The number of nitrogens with two attached hydrogens (primary N) is 1. The highest BCUT2D eigenvalue weighted by molar-refractivity contribution is 6.42. The fraction of sp³-hybridized carbons (Fsp3) is 0.286. The monoisotopic (exact) mass is 324 g/mol. The van der Waals surface area contributed by atoms with E-state index in [1.54, 1.807) is 18.3 Å². The molecule has 1 aromatic heterocycles. The Morgan fingerprint density at radius 3 is 2.86 bits per heavy atom. The summed E-state index contributed by atoms with van der Waals surface area (Å²) in [6.07, 6.45) is 1.56. The molecule has 0 spiro atoms. The van der Waals surface area contributed by atoms with Crippen LogP contribution < -0.4 is 10.6 Å². The minimum absolute atomic E-state index is 0.0986. The minimum atomic E-state index is -0.0986. The van der Waals surface area contributed by atoms with Crippen LogP contribution >= 0.6 is 23.2 Å². The quantitative estimate of drug-likeness (QED) is 0.920. The maximum atomic E-state index is 6.06. The van der Waals surface area contributed by atoms with Crippen molar-refractivity contribution in [2.24, 2.45) is 0 Å². The van der Waals surface area contributed by atoms with Crippen molar-refractivity contribution in [3.05, 3.63) is 46.1 Å². The van der Waals surface area contributed by atoms with Crippen LogP contribution in [0.15, 0.2) is 30.5 Å². The maximum Gasteiger partial charge on any atom is 0.227 e. The van der Waals surface area contributed by atoms with Gasteiger partial charge in [-0.2, -0.15) is 4.98 Å². The van der Waals surface area contributed by atoms with Gasteiger partial charge in [0.2, 0.25) is 5.95 Å². The molecule has 1 fully saturated rings. The number of benzene rings is 1. The molecule has 3 rings (SSSR count). The van der Waals surface area contributed by atoms with Gasteiger partial charge in [0.15, 0.2) is 0 Å². The van der Waals surface area contributed by atoms with Crippen molar-refractivity contribution in [2.75, 3.05) is 30.3 Å². The van der Waals surface area contributed by atoms with Crippen molar-refractivity contribution in [2.45, 2.75) is 6.10 Å². The number of halogens is 2. The van der Waals surface area contributed by atoms with Gasteiger partial charge < -0.3 is 15.4 Å². The third kappa shape index (κ3) is 3.20. The fourth-order valence-corrected chi connectivity index (χ4v) is 2.57. The smallest absolute Gasteiger partial charge is 0.227 e. The number of anilines is 2. The Kier molecular flexibility index (Phi) is 4.14. The van der Waals surface area contributed by atoms with Crippen LogP contribution in [-0.4, -0.2) is 29.7 Å². The van der Waals surface area contributed by atoms with Gasteiger partial charge in [-0.3, -0.25) is 0 Å². The molecule has 110 valence electrons. The number of rotatable bonds is 2. The number of nitrogens with zero attached hydrogens (tertiary/aromatic N) is 3. The largest absolute Gasteiger partial charge is 0.384 e. The molecular weight excluding hydrogens is 311 g/mol. The van der Waals surface area contributed by atoms with Crippen molar-refractivity contribution in [1.82, 2.24) is 9.97 Å². The Bertz CT molecular complexity index is 653. The van der Waals surface area contributed by atoms with Crippen molar-refractivity contribution in [3.8, 4) is 0 Å². The number of hydrogen-bond acceptors (Lipinski definition) is 5. The first-order chi connectivity index (χ1) is 10.1. The summed E-state index contributed by atoms with van der Waals surface area (Å²) in [4.78, 5) is 10.6. The number of hydrogen-bond donors (Lipinski definition) is 1. The van der Waals surface area contributed by atoms with Crippen molar-refractivity contribution in [1.29, 1.82) is 0 Å². The summed E-state index contributed by atoms with van der Waals surface area (Å²) < 4.78 is 5.81. The summed E-state index contributed by atoms with van der Waals surface area (Å²) in [5.74, 6) is 1.07. The molecule has 1 aromatic carbocycles. The average molecular weight is 325 g/mol. The lowest BCUT2D eigenvalue weighted by Crippen LogP contribution is -2.39. The first kappa shape index (κ1) is 14.4. The van der Waals surface area contributed by atoms with Gasteiger partial charge in [-0.1, -0.05) is 29.3 Å². The van der Waals surface area contributed by atoms with Crippen molar-refractivity contribution < 1.29 is 4.74 Å². The predicted molar refractivity (Wildman–Crippen MR) is 83.8 cm³/mol. The van der Waals surface area contributed by atoms with Crippen LogP contribution in [0.1, 0.15) is 11.7 Å². The lowest BCUT2D eigenvalue weighted by molar-refractivity contribution is 0.0392. The van der Waals surface area contributed by atoms with E-state index in [9.17, 15) is 0 Å². The molecule has 1 atom stereocenters. The molecule has 0 unspecified atom stereocenters. The minimum Gasteiger partial charge on any atom is -0.384 e. The number of nitrogen functional groups attached to an aromatic ring is 1. The Morgan fingerprint density at radius 1 is 1.24 bits per heavy atom. The van der Waals surface area contributed by atoms with Crippen LogP contribution in [0.3, 0.4) is 0 Å². The predicted octanol–water partition coefficient (Wildman–Crippen LogP) is 2.94. The second kappa shape index (κ2) is 6.05. The van der Waals surface area contributed by atoms with E-state index in [1.807, 2.05) is 17.0 Å². The Balaban J connectivity index is 1.80. The molecule has 5 nitrogen and oxygen atoms in total. The van der Waals surface area contributed by atoms with Gasteiger partial charge in [0, 0.05) is 12.7 Å². The van der Waals surface area contributed by atoms with Crippen molar-refractivity contribution >= 4 is 35.0 Å². The molecule has 1 aliphatic heterocycles. The van der Waals surface area contributed by atoms with Gasteiger partial charge in [0.1, 0.15) is 11.9 Å². The highest BCUT2D eigenvalue weighted by atomic mass is 35.5. The van der Waals surface area contributed by atoms with Crippen LogP contribution in [0.2, 0.25) is 10.0 Å². The van der Waals surface area contributed by atoms with Gasteiger partial charge in [0.25, 0.3) is 0 Å². The van der Waals surface area contributed by atoms with Gasteiger partial charge in [-0.15, -0.1) is 0 Å². The zero-order valence-corrected chi connectivity index (χ0v) is 12.7. The van der Waals surface area contributed by atoms with E-state index in [2.05, 4.69) is 9.97 Å². The van der Waals surface area contributed by atoms with E-state index in [0.717, 1.165) is 12.1 Å². The topological polar surface area (TPSA) is 64.3 Å². The van der Waals surface area contributed by atoms with Crippen LogP contribution in [0, 0.1) is 0 Å². The van der Waals surface area contributed by atoms with Gasteiger partial charge >= 0.3 is 0 Å². The summed E-state index contributed by atoms with van der Waals surface area (Å²) in [7, 11) is 0. The SMILES string of the molecule is Nc1ccnc(N2CCO[C@H](c3ccc(Cl)c(Cl)c3)C2)n1.